The van der Waals surface area contributed by atoms with E-state index in [9.17, 15) is 0 Å². The molecule has 0 saturated heterocycles. The van der Waals surface area contributed by atoms with Gasteiger partial charge in [-0.05, 0) is 30.9 Å². The number of hydrogen-bond donors (Lipinski definition) is 0. The second-order valence-corrected chi connectivity index (χ2v) is 5.54. The summed E-state index contributed by atoms with van der Waals surface area (Å²) in [6.45, 7) is 3.93. The summed E-state index contributed by atoms with van der Waals surface area (Å²) in [5.74, 6) is 0.817. The molecule has 92 valence electrons. The third-order valence-corrected chi connectivity index (χ3v) is 4.25. The Kier molecular flexibility index (Phi) is 2.80. The molecular weight excluding hydrogens is 268 g/mol. The molecule has 6 heteroatoms. The topological polar surface area (TPSA) is 43.1 Å². The Balaban J connectivity index is 2.14. The Morgan fingerprint density at radius 3 is 2.83 bits per heavy atom. The van der Waals surface area contributed by atoms with Crippen LogP contribution in [0.1, 0.15) is 21.8 Å². The van der Waals surface area contributed by atoms with Crippen molar-refractivity contribution in [2.75, 3.05) is 0 Å². The second kappa shape index (κ2) is 4.33. The van der Waals surface area contributed by atoms with Crippen LogP contribution in [-0.2, 0) is 6.42 Å². The minimum absolute atomic E-state index is 0.507. The summed E-state index contributed by atoms with van der Waals surface area (Å²) in [5.41, 5.74) is 2.77. The molecule has 0 aliphatic heterocycles. The van der Waals surface area contributed by atoms with Crippen LogP contribution >= 0.6 is 22.9 Å². The van der Waals surface area contributed by atoms with Gasteiger partial charge in [0.25, 0.3) is 0 Å². The van der Waals surface area contributed by atoms with Gasteiger partial charge in [-0.25, -0.2) is 0 Å². The van der Waals surface area contributed by atoms with Gasteiger partial charge in [0.15, 0.2) is 16.6 Å². The number of halogens is 1. The lowest BCUT2D eigenvalue weighted by Crippen LogP contribution is -2.02. The van der Waals surface area contributed by atoms with Crippen LogP contribution in [0.15, 0.2) is 17.5 Å². The molecule has 0 aliphatic rings. The highest BCUT2D eigenvalue weighted by Crippen LogP contribution is 2.21. The highest BCUT2D eigenvalue weighted by atomic mass is 35.5. The molecule has 3 aromatic heterocycles. The molecule has 0 aromatic carbocycles. The first-order valence-corrected chi connectivity index (χ1v) is 6.82. The number of rotatable bonds is 2. The average Bonchev–Trinajstić information content (AvgIpc) is 2.98. The van der Waals surface area contributed by atoms with Gasteiger partial charge in [-0.2, -0.15) is 9.61 Å². The van der Waals surface area contributed by atoms with Crippen LogP contribution in [0, 0.1) is 13.8 Å². The average molecular weight is 279 g/mol. The zero-order chi connectivity index (χ0) is 12.7. The minimum Gasteiger partial charge on any atom is -0.195 e. The van der Waals surface area contributed by atoms with E-state index in [2.05, 4.69) is 21.4 Å². The molecule has 0 radical (unpaired) electrons. The first-order chi connectivity index (χ1) is 8.66. The summed E-state index contributed by atoms with van der Waals surface area (Å²) >= 11 is 7.82. The predicted molar refractivity (Wildman–Crippen MR) is 72.4 cm³/mol. The van der Waals surface area contributed by atoms with Crippen molar-refractivity contribution in [2.45, 2.75) is 20.3 Å². The van der Waals surface area contributed by atoms with E-state index in [-0.39, 0.29) is 0 Å². The lowest BCUT2D eigenvalue weighted by molar-refractivity contribution is 0.836. The van der Waals surface area contributed by atoms with Crippen molar-refractivity contribution >= 4 is 28.6 Å². The number of fused-ring (bicyclic) bond motifs is 1. The Bertz CT molecular complexity index is 703. The quantitative estimate of drug-likeness (QED) is 0.724. The molecule has 0 unspecified atom stereocenters. The van der Waals surface area contributed by atoms with E-state index in [0.29, 0.717) is 5.15 Å². The third kappa shape index (κ3) is 1.79. The van der Waals surface area contributed by atoms with Crippen LogP contribution in [0.5, 0.6) is 0 Å². The van der Waals surface area contributed by atoms with Gasteiger partial charge in [0.2, 0.25) is 0 Å². The van der Waals surface area contributed by atoms with Gasteiger partial charge in [-0.3, -0.25) is 0 Å². The molecule has 0 aliphatic carbocycles. The molecule has 3 aromatic rings. The third-order valence-electron chi connectivity index (χ3n) is 3.01. The molecule has 0 fully saturated rings. The number of aryl methyl sites for hydroxylation is 1. The van der Waals surface area contributed by atoms with E-state index in [1.54, 1.807) is 15.9 Å². The summed E-state index contributed by atoms with van der Waals surface area (Å²) in [5, 5.41) is 15.3. The summed E-state index contributed by atoms with van der Waals surface area (Å²) < 4.78 is 1.74. The van der Waals surface area contributed by atoms with Crippen LogP contribution in [0.25, 0.3) is 5.65 Å². The maximum atomic E-state index is 6.12. The Hall–Kier alpha value is -1.46. The SMILES string of the molecule is Cc1c(Cl)nn2c(Cc3cccs3)nnc2c1C. The van der Waals surface area contributed by atoms with Gasteiger partial charge in [-0.15, -0.1) is 21.5 Å². The zero-order valence-electron chi connectivity index (χ0n) is 10.0. The van der Waals surface area contributed by atoms with Crippen LogP contribution in [0.3, 0.4) is 0 Å². The van der Waals surface area contributed by atoms with Crippen LogP contribution < -0.4 is 0 Å². The second-order valence-electron chi connectivity index (χ2n) is 4.15. The molecule has 3 rings (SSSR count). The molecule has 3 heterocycles. The zero-order valence-corrected chi connectivity index (χ0v) is 11.6. The number of hydrogen-bond acceptors (Lipinski definition) is 4. The van der Waals surface area contributed by atoms with Crippen LogP contribution in [0.2, 0.25) is 5.15 Å². The van der Waals surface area contributed by atoms with E-state index < -0.39 is 0 Å². The van der Waals surface area contributed by atoms with Crippen molar-refractivity contribution in [3.63, 3.8) is 0 Å². The molecule has 0 N–H and O–H groups in total. The normalized spacial score (nSPS) is 11.3. The fraction of sp³-hybridized carbons (Fsp3) is 0.250. The predicted octanol–water partition coefficient (Wildman–Crippen LogP) is 3.05. The molecular formula is C12H11ClN4S. The van der Waals surface area contributed by atoms with Crippen LogP contribution in [0.4, 0.5) is 0 Å². The molecule has 0 bridgehead atoms. The molecule has 0 atom stereocenters. The van der Waals surface area contributed by atoms with Gasteiger partial charge < -0.3 is 0 Å². The maximum Gasteiger partial charge on any atom is 0.181 e. The van der Waals surface area contributed by atoms with Gasteiger partial charge in [0.1, 0.15) is 0 Å². The van der Waals surface area contributed by atoms with Crippen molar-refractivity contribution < 1.29 is 0 Å². The van der Waals surface area contributed by atoms with Gasteiger partial charge in [0, 0.05) is 16.9 Å². The smallest absolute Gasteiger partial charge is 0.181 e. The number of thiophene rings is 1. The fourth-order valence-corrected chi connectivity index (χ4v) is 2.73. The monoisotopic (exact) mass is 278 g/mol. The maximum absolute atomic E-state index is 6.12. The highest BCUT2D eigenvalue weighted by molar-refractivity contribution is 7.09. The standard InChI is InChI=1S/C12H11ClN4S/c1-7-8(2)12-15-14-10(17(12)16-11(7)13)6-9-4-3-5-18-9/h3-5H,6H2,1-2H3. The summed E-state index contributed by atoms with van der Waals surface area (Å²) in [6.07, 6.45) is 0.727. The van der Waals surface area contributed by atoms with Crippen LogP contribution in [-0.4, -0.2) is 19.8 Å². The first-order valence-electron chi connectivity index (χ1n) is 5.56. The Morgan fingerprint density at radius 1 is 1.28 bits per heavy atom. The van der Waals surface area contributed by atoms with Crippen molar-refractivity contribution in [1.29, 1.82) is 0 Å². The lowest BCUT2D eigenvalue weighted by Gasteiger charge is -2.04. The van der Waals surface area contributed by atoms with Gasteiger partial charge in [0.05, 0.1) is 0 Å². The lowest BCUT2D eigenvalue weighted by atomic mass is 10.2. The number of aromatic nitrogens is 4. The van der Waals surface area contributed by atoms with Crippen molar-refractivity contribution in [3.8, 4) is 0 Å². The summed E-state index contributed by atoms with van der Waals surface area (Å²) in [6, 6.07) is 4.10. The molecule has 0 amide bonds. The molecule has 0 spiro atoms. The van der Waals surface area contributed by atoms with Crippen molar-refractivity contribution in [3.05, 3.63) is 44.5 Å². The molecule has 0 saturated carbocycles. The van der Waals surface area contributed by atoms with Crippen molar-refractivity contribution in [1.82, 2.24) is 19.8 Å². The van der Waals surface area contributed by atoms with E-state index in [1.165, 1.54) is 4.88 Å². The highest BCUT2D eigenvalue weighted by Gasteiger charge is 2.13. The number of nitrogens with zero attached hydrogens (tertiary/aromatic N) is 4. The van der Waals surface area contributed by atoms with Gasteiger partial charge >= 0.3 is 0 Å². The summed E-state index contributed by atoms with van der Waals surface area (Å²) in [7, 11) is 0. The van der Waals surface area contributed by atoms with E-state index in [1.807, 2.05) is 25.3 Å². The first kappa shape index (κ1) is 11.6. The largest absolute Gasteiger partial charge is 0.195 e. The summed E-state index contributed by atoms with van der Waals surface area (Å²) in [4.78, 5) is 1.24. The Morgan fingerprint density at radius 2 is 2.11 bits per heavy atom. The minimum atomic E-state index is 0.507. The van der Waals surface area contributed by atoms with Crippen molar-refractivity contribution in [2.24, 2.45) is 0 Å². The Labute approximate surface area is 113 Å². The van der Waals surface area contributed by atoms with E-state index in [4.69, 9.17) is 11.6 Å². The van der Waals surface area contributed by atoms with Gasteiger partial charge in [-0.1, -0.05) is 17.7 Å². The van der Waals surface area contributed by atoms with E-state index in [0.717, 1.165) is 29.0 Å². The molecule has 4 nitrogen and oxygen atoms in total. The van der Waals surface area contributed by atoms with E-state index >= 15 is 0 Å². The molecule has 18 heavy (non-hydrogen) atoms. The fourth-order valence-electron chi connectivity index (χ4n) is 1.82.